The van der Waals surface area contributed by atoms with E-state index in [0.29, 0.717) is 21.9 Å². The van der Waals surface area contributed by atoms with Crippen molar-refractivity contribution in [2.75, 3.05) is 0 Å². The number of hydrogen-bond donors (Lipinski definition) is 2. The zero-order chi connectivity index (χ0) is 13.8. The lowest BCUT2D eigenvalue weighted by Crippen LogP contribution is -2.19. The number of aromatic nitrogens is 1. The number of rotatable bonds is 4. The Hall–Kier alpha value is -2.01. The highest BCUT2D eigenvalue weighted by Crippen LogP contribution is 2.24. The van der Waals surface area contributed by atoms with Crippen LogP contribution in [0.15, 0.2) is 46.2 Å². The number of amides is 1. The Labute approximate surface area is 115 Å². The summed E-state index contributed by atoms with van der Waals surface area (Å²) in [6.45, 7) is 1.71. The minimum atomic E-state index is -0.524. The summed E-state index contributed by atoms with van der Waals surface area (Å²) in [7, 11) is 0. The number of primary amides is 1. The number of pyridine rings is 1. The summed E-state index contributed by atoms with van der Waals surface area (Å²) in [5.74, 6) is 0.143. The third kappa shape index (κ3) is 3.26. The summed E-state index contributed by atoms with van der Waals surface area (Å²) in [6, 6.07) is 11.2. The van der Waals surface area contributed by atoms with E-state index in [0.717, 1.165) is 5.56 Å². The van der Waals surface area contributed by atoms with Crippen LogP contribution >= 0.6 is 11.8 Å². The smallest absolute Gasteiger partial charge is 0.251 e. The van der Waals surface area contributed by atoms with Crippen molar-refractivity contribution < 1.29 is 4.79 Å². The molecule has 1 heterocycles. The molecule has 0 aliphatic heterocycles. The lowest BCUT2D eigenvalue weighted by molar-refractivity contribution is 0.0996. The molecule has 0 fully saturated rings. The highest BCUT2D eigenvalue weighted by Gasteiger charge is 2.13. The molecule has 0 aliphatic carbocycles. The fourth-order valence-electron chi connectivity index (χ4n) is 1.80. The second-order valence-corrected chi connectivity index (χ2v) is 5.14. The first kappa shape index (κ1) is 13.4. The van der Waals surface area contributed by atoms with Gasteiger partial charge in [-0.25, -0.2) is 0 Å². The molecule has 1 aromatic heterocycles. The molecule has 5 heteroatoms. The van der Waals surface area contributed by atoms with E-state index >= 15 is 0 Å². The number of carbonyl (C=O) groups is 1. The Morgan fingerprint density at radius 1 is 1.32 bits per heavy atom. The van der Waals surface area contributed by atoms with Crippen LogP contribution < -0.4 is 11.3 Å². The van der Waals surface area contributed by atoms with Gasteiger partial charge in [0.25, 0.3) is 5.91 Å². The first-order valence-corrected chi connectivity index (χ1v) is 6.77. The van der Waals surface area contributed by atoms with Crippen molar-refractivity contribution >= 4 is 17.7 Å². The molecule has 0 unspecified atom stereocenters. The SMILES string of the molecule is Cc1cc(=O)[nH]c(SCc2ccccc2)c1C(N)=O. The van der Waals surface area contributed by atoms with Crippen molar-refractivity contribution in [1.29, 1.82) is 0 Å². The van der Waals surface area contributed by atoms with E-state index in [1.54, 1.807) is 6.92 Å². The van der Waals surface area contributed by atoms with Gasteiger partial charge in [-0.2, -0.15) is 0 Å². The maximum Gasteiger partial charge on any atom is 0.251 e. The van der Waals surface area contributed by atoms with Crippen LogP contribution in [-0.4, -0.2) is 10.9 Å². The van der Waals surface area contributed by atoms with Gasteiger partial charge in [0, 0.05) is 11.8 Å². The standard InChI is InChI=1S/C14H14N2O2S/c1-9-7-11(17)16-14(12(9)13(15)18)19-8-10-5-3-2-4-6-10/h2-7H,8H2,1H3,(H2,15,18)(H,16,17). The highest BCUT2D eigenvalue weighted by atomic mass is 32.2. The summed E-state index contributed by atoms with van der Waals surface area (Å²) in [4.78, 5) is 25.6. The Balaban J connectivity index is 2.29. The highest BCUT2D eigenvalue weighted by molar-refractivity contribution is 7.98. The Kier molecular flexibility index (Phi) is 4.06. The zero-order valence-electron chi connectivity index (χ0n) is 10.5. The van der Waals surface area contributed by atoms with Crippen molar-refractivity contribution in [3.8, 4) is 0 Å². The minimum Gasteiger partial charge on any atom is -0.366 e. The molecule has 19 heavy (non-hydrogen) atoms. The molecule has 2 rings (SSSR count). The topological polar surface area (TPSA) is 75.9 Å². The molecule has 0 atom stereocenters. The quantitative estimate of drug-likeness (QED) is 0.838. The summed E-state index contributed by atoms with van der Waals surface area (Å²) in [6.07, 6.45) is 0. The maximum absolute atomic E-state index is 11.5. The van der Waals surface area contributed by atoms with Gasteiger partial charge in [-0.1, -0.05) is 30.3 Å². The van der Waals surface area contributed by atoms with Crippen molar-refractivity contribution in [3.63, 3.8) is 0 Å². The molecule has 98 valence electrons. The Bertz CT molecular complexity index is 650. The third-order valence-corrected chi connectivity index (χ3v) is 3.75. The predicted molar refractivity (Wildman–Crippen MR) is 76.3 cm³/mol. The van der Waals surface area contributed by atoms with E-state index in [1.165, 1.54) is 17.8 Å². The molecule has 0 spiro atoms. The van der Waals surface area contributed by atoms with Crippen LogP contribution in [0.1, 0.15) is 21.5 Å². The van der Waals surface area contributed by atoms with Gasteiger partial charge in [0.05, 0.1) is 10.6 Å². The summed E-state index contributed by atoms with van der Waals surface area (Å²) < 4.78 is 0. The molecule has 4 nitrogen and oxygen atoms in total. The van der Waals surface area contributed by atoms with Crippen LogP contribution in [0.5, 0.6) is 0 Å². The van der Waals surface area contributed by atoms with E-state index in [1.807, 2.05) is 30.3 Å². The predicted octanol–water partition coefficient (Wildman–Crippen LogP) is 2.07. The maximum atomic E-state index is 11.5. The van der Waals surface area contributed by atoms with Gasteiger partial charge in [-0.05, 0) is 18.1 Å². The van der Waals surface area contributed by atoms with Gasteiger partial charge in [-0.3, -0.25) is 9.59 Å². The molecule has 1 amide bonds. The number of carbonyl (C=O) groups excluding carboxylic acids is 1. The van der Waals surface area contributed by atoms with Crippen LogP contribution in [-0.2, 0) is 5.75 Å². The fourth-order valence-corrected chi connectivity index (χ4v) is 2.88. The van der Waals surface area contributed by atoms with Crippen LogP contribution in [0.3, 0.4) is 0 Å². The molecule has 0 aliphatic rings. The van der Waals surface area contributed by atoms with Gasteiger partial charge < -0.3 is 10.7 Å². The number of thioether (sulfide) groups is 1. The van der Waals surface area contributed by atoms with Crippen LogP contribution in [0, 0.1) is 6.92 Å². The number of aryl methyl sites for hydroxylation is 1. The largest absolute Gasteiger partial charge is 0.366 e. The van der Waals surface area contributed by atoms with E-state index < -0.39 is 5.91 Å². The van der Waals surface area contributed by atoms with Gasteiger partial charge in [0.1, 0.15) is 0 Å². The van der Waals surface area contributed by atoms with E-state index in [-0.39, 0.29) is 5.56 Å². The first-order valence-electron chi connectivity index (χ1n) is 5.78. The third-order valence-electron chi connectivity index (χ3n) is 2.68. The number of nitrogens with one attached hydrogen (secondary N) is 1. The molecule has 1 aromatic carbocycles. The number of aromatic amines is 1. The van der Waals surface area contributed by atoms with Gasteiger partial charge in [0.2, 0.25) is 5.56 Å². The summed E-state index contributed by atoms with van der Waals surface area (Å²) >= 11 is 1.40. The average Bonchev–Trinajstić information content (AvgIpc) is 2.36. The lowest BCUT2D eigenvalue weighted by atomic mass is 10.1. The summed E-state index contributed by atoms with van der Waals surface area (Å²) in [5.41, 5.74) is 7.25. The van der Waals surface area contributed by atoms with Crippen LogP contribution in [0.25, 0.3) is 0 Å². The summed E-state index contributed by atoms with van der Waals surface area (Å²) in [5, 5.41) is 0.529. The molecule has 2 aromatic rings. The number of nitrogens with two attached hydrogens (primary N) is 1. The van der Waals surface area contributed by atoms with Crippen molar-refractivity contribution in [3.05, 3.63) is 63.4 Å². The minimum absolute atomic E-state index is 0.224. The molecule has 0 saturated carbocycles. The van der Waals surface area contributed by atoms with Crippen molar-refractivity contribution in [1.82, 2.24) is 4.98 Å². The van der Waals surface area contributed by atoms with Gasteiger partial charge >= 0.3 is 0 Å². The Morgan fingerprint density at radius 3 is 2.63 bits per heavy atom. The number of hydrogen-bond acceptors (Lipinski definition) is 3. The monoisotopic (exact) mass is 274 g/mol. The second kappa shape index (κ2) is 5.75. The van der Waals surface area contributed by atoms with Gasteiger partial charge in [-0.15, -0.1) is 11.8 Å². The molecule has 3 N–H and O–H groups in total. The van der Waals surface area contributed by atoms with Crippen molar-refractivity contribution in [2.45, 2.75) is 17.7 Å². The molecule has 0 radical (unpaired) electrons. The van der Waals surface area contributed by atoms with E-state index in [2.05, 4.69) is 4.98 Å². The van der Waals surface area contributed by atoms with Gasteiger partial charge in [0.15, 0.2) is 0 Å². The first-order chi connectivity index (χ1) is 9.08. The molecule has 0 bridgehead atoms. The van der Waals surface area contributed by atoms with Crippen LogP contribution in [0.2, 0.25) is 0 Å². The Morgan fingerprint density at radius 2 is 2.00 bits per heavy atom. The number of benzene rings is 1. The van der Waals surface area contributed by atoms with E-state index in [9.17, 15) is 9.59 Å². The average molecular weight is 274 g/mol. The normalized spacial score (nSPS) is 10.4. The number of H-pyrrole nitrogens is 1. The molecular weight excluding hydrogens is 260 g/mol. The zero-order valence-corrected chi connectivity index (χ0v) is 11.3. The van der Waals surface area contributed by atoms with Crippen molar-refractivity contribution in [2.24, 2.45) is 5.73 Å². The second-order valence-electron chi connectivity index (χ2n) is 4.16. The van der Waals surface area contributed by atoms with Crippen LogP contribution in [0.4, 0.5) is 0 Å². The molecular formula is C14H14N2O2S. The van der Waals surface area contributed by atoms with E-state index in [4.69, 9.17) is 5.73 Å². The fraction of sp³-hybridized carbons (Fsp3) is 0.143. The lowest BCUT2D eigenvalue weighted by Gasteiger charge is -2.08. The molecule has 0 saturated heterocycles.